The number of anilines is 1. The zero-order chi connectivity index (χ0) is 30.0. The van der Waals surface area contributed by atoms with Gasteiger partial charge in [-0.25, -0.2) is 4.79 Å². The Morgan fingerprint density at radius 3 is 2.48 bits per heavy atom. The standard InChI is InChI=1S/C30H45N3O7/c1-10-25(34)38-15-14-32-23-17-22(20(4)16-24(23)39-30(8,9)27(32)36)26(35)33(19(2)3)21-12-11-13-31(18-21)28(37)40-29(5,6)7/h16-17,19,21H,10-15,18H2,1-9H3/t21-/m1/s1. The van der Waals surface area contributed by atoms with Crippen LogP contribution in [-0.4, -0.2) is 83.2 Å². The number of likely N-dealkylation sites (tertiary alicyclic amines) is 1. The molecule has 3 amide bonds. The quantitative estimate of drug-likeness (QED) is 0.446. The van der Waals surface area contributed by atoms with Crippen LogP contribution in [0.5, 0.6) is 5.75 Å². The third kappa shape index (κ3) is 7.06. The number of carbonyl (C=O) groups is 4. The van der Waals surface area contributed by atoms with E-state index in [2.05, 4.69) is 0 Å². The first-order valence-electron chi connectivity index (χ1n) is 14.2. The van der Waals surface area contributed by atoms with Crippen LogP contribution in [0.15, 0.2) is 12.1 Å². The number of rotatable bonds is 7. The molecule has 0 spiro atoms. The van der Waals surface area contributed by atoms with Crippen LogP contribution in [-0.2, 0) is 19.1 Å². The minimum absolute atomic E-state index is 0.0335. The van der Waals surface area contributed by atoms with Crippen LogP contribution in [0.2, 0.25) is 0 Å². The van der Waals surface area contributed by atoms with Crippen molar-refractivity contribution in [2.75, 3.05) is 31.1 Å². The fraction of sp³-hybridized carbons (Fsp3) is 0.667. The topological polar surface area (TPSA) is 106 Å². The van der Waals surface area contributed by atoms with E-state index in [1.165, 1.54) is 4.90 Å². The number of ether oxygens (including phenoxy) is 3. The van der Waals surface area contributed by atoms with E-state index in [0.29, 0.717) is 30.1 Å². The summed E-state index contributed by atoms with van der Waals surface area (Å²) in [7, 11) is 0. The van der Waals surface area contributed by atoms with E-state index in [9.17, 15) is 19.2 Å². The lowest BCUT2D eigenvalue weighted by molar-refractivity contribution is -0.143. The van der Waals surface area contributed by atoms with E-state index in [0.717, 1.165) is 18.4 Å². The highest BCUT2D eigenvalue weighted by atomic mass is 16.6. The highest BCUT2D eigenvalue weighted by Crippen LogP contribution is 2.40. The van der Waals surface area contributed by atoms with Gasteiger partial charge in [-0.1, -0.05) is 6.92 Å². The number of fused-ring (bicyclic) bond motifs is 1. The van der Waals surface area contributed by atoms with Gasteiger partial charge in [-0.2, -0.15) is 0 Å². The summed E-state index contributed by atoms with van der Waals surface area (Å²) in [4.78, 5) is 57.0. The Hall–Kier alpha value is -3.30. The van der Waals surface area contributed by atoms with E-state index in [-0.39, 0.29) is 55.5 Å². The molecule has 3 rings (SSSR count). The molecule has 0 aliphatic carbocycles. The van der Waals surface area contributed by atoms with E-state index in [1.54, 1.807) is 37.8 Å². The highest BCUT2D eigenvalue weighted by molar-refractivity contribution is 6.05. The van der Waals surface area contributed by atoms with Crippen molar-refractivity contribution < 1.29 is 33.4 Å². The van der Waals surface area contributed by atoms with Crippen molar-refractivity contribution in [3.63, 3.8) is 0 Å². The number of esters is 1. The lowest BCUT2D eigenvalue weighted by atomic mass is 9.97. The summed E-state index contributed by atoms with van der Waals surface area (Å²) in [6.07, 6.45) is 1.38. The first-order valence-corrected chi connectivity index (χ1v) is 14.2. The average Bonchev–Trinajstić information content (AvgIpc) is 2.84. The molecule has 2 aliphatic rings. The second-order valence-corrected chi connectivity index (χ2v) is 12.3. The van der Waals surface area contributed by atoms with Gasteiger partial charge in [-0.05, 0) is 85.9 Å². The molecule has 2 aliphatic heterocycles. The smallest absolute Gasteiger partial charge is 0.410 e. The lowest BCUT2D eigenvalue weighted by Gasteiger charge is -2.42. The van der Waals surface area contributed by atoms with Gasteiger partial charge < -0.3 is 28.9 Å². The molecular weight excluding hydrogens is 514 g/mol. The summed E-state index contributed by atoms with van der Waals surface area (Å²) in [6, 6.07) is 3.17. The molecule has 10 heteroatoms. The van der Waals surface area contributed by atoms with Crippen LogP contribution >= 0.6 is 0 Å². The van der Waals surface area contributed by atoms with Gasteiger partial charge in [0.15, 0.2) is 5.60 Å². The third-order valence-electron chi connectivity index (χ3n) is 7.05. The molecule has 222 valence electrons. The van der Waals surface area contributed by atoms with Crippen molar-refractivity contribution in [1.29, 1.82) is 0 Å². The summed E-state index contributed by atoms with van der Waals surface area (Å²) in [6.45, 7) is 17.5. The van der Waals surface area contributed by atoms with Gasteiger partial charge in [-0.15, -0.1) is 0 Å². The van der Waals surface area contributed by atoms with Gasteiger partial charge >= 0.3 is 12.1 Å². The highest BCUT2D eigenvalue weighted by Gasteiger charge is 2.42. The number of benzene rings is 1. The molecule has 0 unspecified atom stereocenters. The Morgan fingerprint density at radius 1 is 1.20 bits per heavy atom. The Kier molecular flexibility index (Phi) is 9.42. The molecule has 40 heavy (non-hydrogen) atoms. The fourth-order valence-electron chi connectivity index (χ4n) is 5.16. The molecule has 1 fully saturated rings. The first kappa shape index (κ1) is 31.2. The Balaban J connectivity index is 1.92. The monoisotopic (exact) mass is 559 g/mol. The van der Waals surface area contributed by atoms with Crippen LogP contribution in [0, 0.1) is 6.92 Å². The van der Waals surface area contributed by atoms with Gasteiger partial charge in [0.1, 0.15) is 18.0 Å². The second-order valence-electron chi connectivity index (χ2n) is 12.3. The molecule has 10 nitrogen and oxygen atoms in total. The van der Waals surface area contributed by atoms with Crippen LogP contribution in [0.4, 0.5) is 10.5 Å². The van der Waals surface area contributed by atoms with E-state index in [1.807, 2.05) is 46.4 Å². The maximum absolute atomic E-state index is 14.1. The fourth-order valence-corrected chi connectivity index (χ4v) is 5.16. The number of aryl methyl sites for hydroxylation is 1. The van der Waals surface area contributed by atoms with Crippen molar-refractivity contribution in [2.24, 2.45) is 0 Å². The zero-order valence-electron chi connectivity index (χ0n) is 25.5. The predicted octanol–water partition coefficient (Wildman–Crippen LogP) is 4.70. The molecule has 1 atom stereocenters. The maximum atomic E-state index is 14.1. The number of hydrogen-bond donors (Lipinski definition) is 0. The maximum Gasteiger partial charge on any atom is 0.410 e. The molecular formula is C30H45N3O7. The van der Waals surface area contributed by atoms with Gasteiger partial charge in [-0.3, -0.25) is 14.4 Å². The molecule has 0 aromatic heterocycles. The number of nitrogens with zero attached hydrogens (tertiary/aromatic N) is 3. The SMILES string of the molecule is CCC(=O)OCCN1C(=O)C(C)(C)Oc2cc(C)c(C(=O)N(C(C)C)[C@@H]3CCCN(C(=O)OC(C)(C)C)C3)cc21. The Labute approximate surface area is 237 Å². The number of hydrogen-bond acceptors (Lipinski definition) is 7. The molecule has 1 aromatic rings. The van der Waals surface area contributed by atoms with Crippen LogP contribution in [0.25, 0.3) is 0 Å². The van der Waals surface area contributed by atoms with Gasteiger partial charge in [0.2, 0.25) is 0 Å². The lowest BCUT2D eigenvalue weighted by Crippen LogP contribution is -2.55. The molecule has 2 heterocycles. The van der Waals surface area contributed by atoms with Crippen LogP contribution in [0.1, 0.15) is 90.6 Å². The molecule has 1 saturated heterocycles. The normalized spacial score (nSPS) is 18.6. The Morgan fingerprint density at radius 2 is 1.88 bits per heavy atom. The van der Waals surface area contributed by atoms with Gasteiger partial charge in [0.25, 0.3) is 11.8 Å². The van der Waals surface area contributed by atoms with E-state index in [4.69, 9.17) is 14.2 Å². The van der Waals surface area contributed by atoms with Gasteiger partial charge in [0.05, 0.1) is 18.3 Å². The van der Waals surface area contributed by atoms with Gasteiger partial charge in [0, 0.05) is 31.1 Å². The zero-order valence-corrected chi connectivity index (χ0v) is 25.5. The second kappa shape index (κ2) is 12.1. The van der Waals surface area contributed by atoms with Crippen molar-refractivity contribution >= 4 is 29.6 Å². The molecule has 0 bridgehead atoms. The predicted molar refractivity (Wildman–Crippen MR) is 152 cm³/mol. The van der Waals surface area contributed by atoms with E-state index >= 15 is 0 Å². The van der Waals surface area contributed by atoms with Crippen LogP contribution < -0.4 is 9.64 Å². The summed E-state index contributed by atoms with van der Waals surface area (Å²) >= 11 is 0. The van der Waals surface area contributed by atoms with Crippen molar-refractivity contribution in [3.05, 3.63) is 23.3 Å². The molecule has 0 radical (unpaired) electrons. The summed E-state index contributed by atoms with van der Waals surface area (Å²) in [5.74, 6) is -0.317. The summed E-state index contributed by atoms with van der Waals surface area (Å²) in [5, 5.41) is 0. The third-order valence-corrected chi connectivity index (χ3v) is 7.05. The summed E-state index contributed by atoms with van der Waals surface area (Å²) < 4.78 is 16.9. The van der Waals surface area contributed by atoms with Crippen LogP contribution in [0.3, 0.4) is 0 Å². The molecule has 0 N–H and O–H groups in total. The first-order chi connectivity index (χ1) is 18.6. The largest absolute Gasteiger partial charge is 0.476 e. The number of carbonyl (C=O) groups excluding carboxylic acids is 4. The number of amides is 3. The molecule has 1 aromatic carbocycles. The Bertz CT molecular complexity index is 1140. The van der Waals surface area contributed by atoms with Crippen molar-refractivity contribution in [1.82, 2.24) is 9.80 Å². The summed E-state index contributed by atoms with van der Waals surface area (Å²) in [5.41, 5.74) is -0.0809. The minimum atomic E-state index is -1.11. The minimum Gasteiger partial charge on any atom is -0.476 e. The average molecular weight is 560 g/mol. The number of piperidine rings is 1. The van der Waals surface area contributed by atoms with Crippen molar-refractivity contribution in [3.8, 4) is 5.75 Å². The van der Waals surface area contributed by atoms with Crippen molar-refractivity contribution in [2.45, 2.75) is 105 Å². The van der Waals surface area contributed by atoms with E-state index < -0.39 is 11.2 Å². The molecule has 0 saturated carbocycles.